The van der Waals surface area contributed by atoms with Crippen molar-refractivity contribution in [1.82, 2.24) is 4.57 Å². The number of aliphatic hydroxyl groups is 1. The van der Waals surface area contributed by atoms with Gasteiger partial charge in [0.2, 0.25) is 5.91 Å². The summed E-state index contributed by atoms with van der Waals surface area (Å²) >= 11 is 0. The number of aromatic nitrogens is 1. The Morgan fingerprint density at radius 3 is 2.50 bits per heavy atom. The van der Waals surface area contributed by atoms with Crippen LogP contribution in [0.15, 0.2) is 36.4 Å². The molecule has 3 aromatic rings. The van der Waals surface area contributed by atoms with Gasteiger partial charge in [-0.15, -0.1) is 0 Å². The van der Waals surface area contributed by atoms with Crippen LogP contribution in [0.1, 0.15) is 58.2 Å². The molecular formula is C29H35FN2O6. The van der Waals surface area contributed by atoms with Crippen LogP contribution in [-0.2, 0) is 31.6 Å². The van der Waals surface area contributed by atoms with E-state index in [0.717, 1.165) is 11.1 Å². The molecule has 2 heterocycles. The summed E-state index contributed by atoms with van der Waals surface area (Å²) in [4.78, 5) is 13.3. The fourth-order valence-electron chi connectivity index (χ4n) is 5.44. The Bertz CT molecular complexity index is 1390. The minimum Gasteiger partial charge on any atom is -0.504 e. The highest BCUT2D eigenvalue weighted by atomic mass is 19.1. The first kappa shape index (κ1) is 26.5. The highest BCUT2D eigenvalue weighted by Crippen LogP contribution is 2.50. The number of phenolic OH excluding ortho intramolecular Hbond substituents is 2. The van der Waals surface area contributed by atoms with Crippen molar-refractivity contribution in [2.75, 3.05) is 18.5 Å². The smallest absolute Gasteiger partial charge is 0.235 e. The third-order valence-electron chi connectivity index (χ3n) is 7.83. The molecule has 8 nitrogen and oxygen atoms in total. The summed E-state index contributed by atoms with van der Waals surface area (Å²) in [6, 6.07) is 9.38. The largest absolute Gasteiger partial charge is 0.504 e. The first-order valence-electron chi connectivity index (χ1n) is 12.9. The Morgan fingerprint density at radius 2 is 1.89 bits per heavy atom. The van der Waals surface area contributed by atoms with Gasteiger partial charge in [-0.3, -0.25) is 4.79 Å². The van der Waals surface area contributed by atoms with Crippen molar-refractivity contribution in [3.63, 3.8) is 0 Å². The summed E-state index contributed by atoms with van der Waals surface area (Å²) in [7, 11) is 0. The number of fused-ring (bicyclic) bond motifs is 1. The van der Waals surface area contributed by atoms with Crippen molar-refractivity contribution in [2.45, 2.75) is 76.2 Å². The number of carbonyl (C=O) groups is 1. The molecule has 1 amide bonds. The predicted octanol–water partition coefficient (Wildman–Crippen LogP) is 4.67. The van der Waals surface area contributed by atoms with Gasteiger partial charge in [-0.1, -0.05) is 19.9 Å². The van der Waals surface area contributed by atoms with Crippen molar-refractivity contribution in [2.24, 2.45) is 0 Å². The molecule has 0 radical (unpaired) electrons. The molecule has 5 rings (SSSR count). The molecule has 1 aliphatic heterocycles. The average Bonchev–Trinajstić information content (AvgIpc) is 3.48. The summed E-state index contributed by atoms with van der Waals surface area (Å²) in [6.07, 6.45) is 1.42. The number of ether oxygens (including phenoxy) is 2. The fraction of sp³-hybridized carbons (Fsp3) is 0.483. The lowest BCUT2D eigenvalue weighted by atomic mass is 9.85. The zero-order valence-corrected chi connectivity index (χ0v) is 22.2. The third-order valence-corrected chi connectivity index (χ3v) is 7.83. The van der Waals surface area contributed by atoms with Gasteiger partial charge in [0.1, 0.15) is 11.9 Å². The number of benzene rings is 2. The zero-order valence-electron chi connectivity index (χ0n) is 22.2. The third kappa shape index (κ3) is 4.74. The van der Waals surface area contributed by atoms with Crippen molar-refractivity contribution in [3.05, 3.63) is 53.5 Å². The first-order valence-corrected chi connectivity index (χ1v) is 12.9. The molecule has 1 aromatic heterocycles. The Hall–Kier alpha value is -3.14. The van der Waals surface area contributed by atoms with Crippen LogP contribution in [0.5, 0.6) is 11.5 Å². The topological polar surface area (TPSA) is 113 Å². The van der Waals surface area contributed by atoms with Crippen LogP contribution in [0, 0.1) is 5.82 Å². The molecule has 1 saturated carbocycles. The second-order valence-electron chi connectivity index (χ2n) is 11.6. The normalized spacial score (nSPS) is 20.1. The Balaban J connectivity index is 1.49. The van der Waals surface area contributed by atoms with Crippen LogP contribution in [0.2, 0.25) is 0 Å². The number of aromatic hydroxyl groups is 2. The number of rotatable bonds is 8. The molecule has 1 aliphatic carbocycles. The van der Waals surface area contributed by atoms with Crippen LogP contribution in [-0.4, -0.2) is 50.9 Å². The highest BCUT2D eigenvalue weighted by molar-refractivity contribution is 6.02. The molecule has 2 aromatic carbocycles. The number of phenols is 2. The molecule has 9 heteroatoms. The molecule has 4 N–H and O–H groups in total. The fourth-order valence-corrected chi connectivity index (χ4v) is 5.44. The molecule has 2 fully saturated rings. The van der Waals surface area contributed by atoms with Gasteiger partial charge in [0.25, 0.3) is 0 Å². The molecule has 1 saturated heterocycles. The average molecular weight is 527 g/mol. The summed E-state index contributed by atoms with van der Waals surface area (Å²) < 4.78 is 29.3. The molecule has 204 valence electrons. The number of aliphatic hydroxyl groups excluding tert-OH is 1. The van der Waals surface area contributed by atoms with E-state index in [9.17, 15) is 20.1 Å². The van der Waals surface area contributed by atoms with Crippen LogP contribution < -0.4 is 5.32 Å². The minimum atomic E-state index is -0.876. The molecule has 0 unspecified atom stereocenters. The molecule has 0 spiro atoms. The van der Waals surface area contributed by atoms with Gasteiger partial charge in [0.05, 0.1) is 29.8 Å². The van der Waals surface area contributed by atoms with E-state index in [1.54, 1.807) is 12.1 Å². The number of halogens is 1. The van der Waals surface area contributed by atoms with Crippen molar-refractivity contribution < 1.29 is 34.0 Å². The molecule has 0 bridgehead atoms. The number of hydrogen-bond acceptors (Lipinski definition) is 6. The van der Waals surface area contributed by atoms with E-state index in [-0.39, 0.29) is 35.8 Å². The van der Waals surface area contributed by atoms with Crippen LogP contribution >= 0.6 is 0 Å². The molecular weight excluding hydrogens is 491 g/mol. The van der Waals surface area contributed by atoms with Gasteiger partial charge in [-0.2, -0.15) is 0 Å². The van der Waals surface area contributed by atoms with E-state index in [4.69, 9.17) is 9.47 Å². The predicted molar refractivity (Wildman–Crippen MR) is 141 cm³/mol. The minimum absolute atomic E-state index is 0.00909. The maximum atomic E-state index is 15.5. The lowest BCUT2D eigenvalue weighted by molar-refractivity contribution is -0.139. The van der Waals surface area contributed by atoms with Crippen LogP contribution in [0.4, 0.5) is 10.1 Å². The van der Waals surface area contributed by atoms with Gasteiger partial charge in [0, 0.05) is 29.2 Å². The Labute approximate surface area is 221 Å². The molecule has 2 aliphatic rings. The maximum Gasteiger partial charge on any atom is 0.235 e. The summed E-state index contributed by atoms with van der Waals surface area (Å²) in [6.45, 7) is 8.67. The SMILES string of the molecule is CC1(C)OC[C@@H](Cn2c(C(C)(C)CCO)cc3cc(NC(=O)C4(c5ccc(O)c(O)c5)CC4)c(F)cc32)O1. The second-order valence-corrected chi connectivity index (χ2v) is 11.6. The van der Waals surface area contributed by atoms with Gasteiger partial charge in [0.15, 0.2) is 17.3 Å². The van der Waals surface area contributed by atoms with E-state index >= 15 is 4.39 Å². The van der Waals surface area contributed by atoms with Crippen LogP contribution in [0.3, 0.4) is 0 Å². The van der Waals surface area contributed by atoms with Crippen LogP contribution in [0.25, 0.3) is 10.9 Å². The first-order chi connectivity index (χ1) is 17.8. The number of carbonyl (C=O) groups excluding carboxylic acids is 1. The van der Waals surface area contributed by atoms with Gasteiger partial charge >= 0.3 is 0 Å². The van der Waals surface area contributed by atoms with E-state index in [0.29, 0.717) is 43.5 Å². The monoisotopic (exact) mass is 526 g/mol. The van der Waals surface area contributed by atoms with E-state index in [2.05, 4.69) is 5.32 Å². The summed E-state index contributed by atoms with van der Waals surface area (Å²) in [5.41, 5.74) is 0.964. The van der Waals surface area contributed by atoms with Gasteiger partial charge in [-0.25, -0.2) is 4.39 Å². The lowest BCUT2D eigenvalue weighted by Crippen LogP contribution is -2.28. The lowest BCUT2D eigenvalue weighted by Gasteiger charge is -2.27. The second kappa shape index (κ2) is 9.25. The maximum absolute atomic E-state index is 15.5. The van der Waals surface area contributed by atoms with Gasteiger partial charge < -0.3 is 34.7 Å². The molecule has 38 heavy (non-hydrogen) atoms. The summed E-state index contributed by atoms with van der Waals surface area (Å²) in [5.74, 6) is -2.17. The quantitative estimate of drug-likeness (QED) is 0.317. The number of amides is 1. The van der Waals surface area contributed by atoms with E-state index in [1.165, 1.54) is 18.2 Å². The van der Waals surface area contributed by atoms with Gasteiger partial charge in [-0.05, 0) is 62.9 Å². The Kier molecular flexibility index (Phi) is 6.44. The van der Waals surface area contributed by atoms with Crippen molar-refractivity contribution in [3.8, 4) is 11.5 Å². The van der Waals surface area contributed by atoms with Crippen molar-refractivity contribution >= 4 is 22.5 Å². The highest BCUT2D eigenvalue weighted by Gasteiger charge is 2.51. The zero-order chi connectivity index (χ0) is 27.5. The van der Waals surface area contributed by atoms with Crippen molar-refractivity contribution in [1.29, 1.82) is 0 Å². The van der Waals surface area contributed by atoms with E-state index in [1.807, 2.05) is 38.3 Å². The Morgan fingerprint density at radius 1 is 1.16 bits per heavy atom. The number of nitrogens with one attached hydrogen (secondary N) is 1. The molecule has 1 atom stereocenters. The van der Waals surface area contributed by atoms with E-state index < -0.39 is 22.4 Å². The number of anilines is 1. The standard InChI is InChI=1S/C29H35FN2O6/c1-27(2,9-10-33)25-12-17-11-21(20(30)14-22(17)32(25)15-19-16-37-28(3,4)38-19)31-26(36)29(7-8-29)18-5-6-23(34)24(35)13-18/h5-6,11-14,19,33-35H,7-10,15-16H2,1-4H3,(H,31,36)/t19-/m1/s1. The summed E-state index contributed by atoms with van der Waals surface area (Å²) in [5, 5.41) is 32.8. The number of hydrogen-bond donors (Lipinski definition) is 4. The number of nitrogens with zero attached hydrogens (tertiary/aromatic N) is 1.